The maximum absolute atomic E-state index is 13.6. The Morgan fingerprint density at radius 2 is 1.97 bits per heavy atom. The number of methoxy groups -OCH3 is 1. The molecule has 4 saturated carbocycles. The van der Waals surface area contributed by atoms with Gasteiger partial charge in [-0.2, -0.15) is 5.26 Å². The molecule has 192 valence electrons. The fourth-order valence-electron chi connectivity index (χ4n) is 7.09. The number of carbonyl (C=O) groups excluding carboxylic acids is 4. The van der Waals surface area contributed by atoms with Crippen LogP contribution >= 0.6 is 0 Å². The van der Waals surface area contributed by atoms with E-state index < -0.39 is 35.2 Å². The maximum Gasteiger partial charge on any atom is 0.248 e. The number of rotatable bonds is 7. The quantitative estimate of drug-likeness (QED) is 0.485. The Bertz CT molecular complexity index is 1280. The minimum absolute atomic E-state index is 0.130. The molecule has 4 amide bonds. The van der Waals surface area contributed by atoms with E-state index in [-0.39, 0.29) is 23.6 Å². The molecule has 6 aliphatic rings. The molecule has 7 rings (SSSR count). The molecule has 5 fully saturated rings. The van der Waals surface area contributed by atoms with Crippen LogP contribution < -0.4 is 20.7 Å². The van der Waals surface area contributed by atoms with E-state index in [2.05, 4.69) is 22.0 Å². The lowest BCUT2D eigenvalue weighted by atomic mass is 9.52. The van der Waals surface area contributed by atoms with Gasteiger partial charge < -0.3 is 15.4 Å². The van der Waals surface area contributed by atoms with Crippen molar-refractivity contribution in [3.8, 4) is 11.8 Å². The van der Waals surface area contributed by atoms with Gasteiger partial charge in [-0.25, -0.2) is 0 Å². The lowest BCUT2D eigenvalue weighted by Gasteiger charge is -2.52. The number of nitrogens with zero attached hydrogens (tertiary/aromatic N) is 1. The van der Waals surface area contributed by atoms with Crippen LogP contribution in [0, 0.1) is 40.9 Å². The van der Waals surface area contributed by atoms with Gasteiger partial charge in [-0.15, -0.1) is 0 Å². The highest BCUT2D eigenvalue weighted by Gasteiger charge is 2.64. The summed E-state index contributed by atoms with van der Waals surface area (Å²) in [6.45, 7) is 0. The van der Waals surface area contributed by atoms with Crippen molar-refractivity contribution in [3.05, 3.63) is 34.9 Å². The first kappa shape index (κ1) is 23.7. The van der Waals surface area contributed by atoms with Gasteiger partial charge in [0.1, 0.15) is 17.3 Å². The van der Waals surface area contributed by atoms with Gasteiger partial charge in [0.15, 0.2) is 0 Å². The number of fused-ring (bicyclic) bond motifs is 3. The van der Waals surface area contributed by atoms with E-state index in [1.54, 1.807) is 7.11 Å². The van der Waals surface area contributed by atoms with Crippen LogP contribution in [0.1, 0.15) is 49.7 Å². The predicted molar refractivity (Wildman–Crippen MR) is 131 cm³/mol. The topological polar surface area (TPSA) is 137 Å². The summed E-state index contributed by atoms with van der Waals surface area (Å²) in [5, 5.41) is 18.6. The highest BCUT2D eigenvalue weighted by atomic mass is 16.5. The summed E-state index contributed by atoms with van der Waals surface area (Å²) in [6, 6.07) is 7.23. The highest BCUT2D eigenvalue weighted by molar-refractivity contribution is 6.06. The van der Waals surface area contributed by atoms with Crippen LogP contribution in [0.5, 0.6) is 5.75 Å². The van der Waals surface area contributed by atoms with Gasteiger partial charge in [0.05, 0.1) is 25.0 Å². The zero-order valence-electron chi connectivity index (χ0n) is 20.7. The third-order valence-corrected chi connectivity index (χ3v) is 9.05. The normalized spacial score (nSPS) is 31.9. The van der Waals surface area contributed by atoms with Crippen molar-refractivity contribution in [2.75, 3.05) is 7.11 Å². The van der Waals surface area contributed by atoms with Gasteiger partial charge in [0, 0.05) is 23.5 Å². The van der Waals surface area contributed by atoms with Crippen molar-refractivity contribution >= 4 is 29.7 Å². The van der Waals surface area contributed by atoms with Crippen LogP contribution in [0.3, 0.4) is 0 Å². The Morgan fingerprint density at radius 3 is 2.70 bits per heavy atom. The first-order valence-corrected chi connectivity index (χ1v) is 13.1. The molecule has 1 aromatic rings. The minimum atomic E-state index is -1.23. The molecule has 9 nitrogen and oxygen atoms in total. The van der Waals surface area contributed by atoms with Gasteiger partial charge in [-0.05, 0) is 55.2 Å². The van der Waals surface area contributed by atoms with Crippen LogP contribution in [-0.2, 0) is 25.6 Å². The second kappa shape index (κ2) is 8.72. The van der Waals surface area contributed by atoms with Gasteiger partial charge >= 0.3 is 0 Å². The Hall–Kier alpha value is -3.67. The molecule has 1 saturated heterocycles. The molecule has 2 bridgehead atoms. The molecule has 6 atom stereocenters. The fourth-order valence-corrected chi connectivity index (χ4v) is 7.09. The summed E-state index contributed by atoms with van der Waals surface area (Å²) in [6.07, 6.45) is 6.47. The van der Waals surface area contributed by atoms with Crippen molar-refractivity contribution < 1.29 is 23.9 Å². The highest BCUT2D eigenvalue weighted by Crippen LogP contribution is 2.55. The Kier molecular flexibility index (Phi) is 5.59. The summed E-state index contributed by atoms with van der Waals surface area (Å²) in [4.78, 5) is 51.9. The average Bonchev–Trinajstić information content (AvgIpc) is 3.51. The van der Waals surface area contributed by atoms with Crippen molar-refractivity contribution in [2.45, 2.75) is 56.5 Å². The zero-order valence-corrected chi connectivity index (χ0v) is 20.7. The second-order valence-corrected chi connectivity index (χ2v) is 11.2. The third-order valence-electron chi connectivity index (χ3n) is 9.05. The van der Waals surface area contributed by atoms with Crippen molar-refractivity contribution in [1.29, 1.82) is 5.26 Å². The molecule has 0 aromatic heterocycles. The van der Waals surface area contributed by atoms with E-state index >= 15 is 0 Å². The van der Waals surface area contributed by atoms with E-state index in [9.17, 15) is 24.4 Å². The van der Waals surface area contributed by atoms with Crippen molar-refractivity contribution in [2.24, 2.45) is 29.6 Å². The molecule has 1 aliphatic heterocycles. The predicted octanol–water partition coefficient (Wildman–Crippen LogP) is 1.62. The third kappa shape index (κ3) is 3.90. The van der Waals surface area contributed by atoms with E-state index in [0.717, 1.165) is 30.4 Å². The van der Waals surface area contributed by atoms with Crippen LogP contribution in [0.15, 0.2) is 23.8 Å². The van der Waals surface area contributed by atoms with Crippen LogP contribution in [0.4, 0.5) is 0 Å². The van der Waals surface area contributed by atoms with E-state index in [4.69, 9.17) is 4.74 Å². The van der Waals surface area contributed by atoms with Crippen LogP contribution in [0.2, 0.25) is 0 Å². The molecule has 6 unspecified atom stereocenters. The van der Waals surface area contributed by atoms with Crippen molar-refractivity contribution in [3.63, 3.8) is 0 Å². The number of amides is 4. The number of benzene rings is 1. The van der Waals surface area contributed by atoms with Crippen LogP contribution in [-0.4, -0.2) is 42.3 Å². The maximum atomic E-state index is 13.6. The summed E-state index contributed by atoms with van der Waals surface area (Å²) in [5.74, 6) is -1.82. The molecule has 0 radical (unpaired) electrons. The number of imide groups is 1. The van der Waals surface area contributed by atoms with E-state index in [1.165, 1.54) is 0 Å². The monoisotopic (exact) mass is 502 g/mol. The van der Waals surface area contributed by atoms with Gasteiger partial charge in [-0.3, -0.25) is 24.5 Å². The Labute approximate surface area is 215 Å². The standard InChI is InChI=1S/C28H30N4O5/c1-37-21-4-2-3-15-10-17(11-18(15)21)24(33)30-20(9-14-5-6-14)25(34)32-28(13-29)12-16-7-8-19(28)23-22(16)26(35)31-27(23)36/h2-4,11,14,16,19-20,22-23H,5-10,12H2,1H3,(H,30,33)(H,32,34)(H,31,35,36). The number of nitrogens with one attached hydrogen (secondary N) is 3. The SMILES string of the molecule is COc1cccc2c1C=C(C(=O)NC(CC1CC1)C(=O)NC1(C#N)CC3CCC1C1C(=O)NC(=O)C31)C2. The molecule has 0 spiro atoms. The fraction of sp³-hybridized carbons (Fsp3) is 0.536. The molecule has 1 aromatic carbocycles. The van der Waals surface area contributed by atoms with E-state index in [0.29, 0.717) is 42.9 Å². The number of ether oxygens (including phenoxy) is 1. The Morgan fingerprint density at radius 1 is 1.19 bits per heavy atom. The number of hydrogen-bond donors (Lipinski definition) is 3. The second-order valence-electron chi connectivity index (χ2n) is 11.2. The van der Waals surface area contributed by atoms with Gasteiger partial charge in [0.25, 0.3) is 0 Å². The number of hydrogen-bond acceptors (Lipinski definition) is 6. The number of nitriles is 1. The summed E-state index contributed by atoms with van der Waals surface area (Å²) in [7, 11) is 1.59. The number of carbonyl (C=O) groups is 4. The molecule has 5 aliphatic carbocycles. The summed E-state index contributed by atoms with van der Waals surface area (Å²) in [5.41, 5.74) is 1.20. The molecule has 1 heterocycles. The molecule has 37 heavy (non-hydrogen) atoms. The van der Waals surface area contributed by atoms with Gasteiger partial charge in [0.2, 0.25) is 23.6 Å². The lowest BCUT2D eigenvalue weighted by molar-refractivity contribution is -0.138. The summed E-state index contributed by atoms with van der Waals surface area (Å²) < 4.78 is 5.42. The zero-order chi connectivity index (χ0) is 25.9. The van der Waals surface area contributed by atoms with Crippen LogP contribution in [0.25, 0.3) is 6.08 Å². The molecular formula is C28H30N4O5. The van der Waals surface area contributed by atoms with Gasteiger partial charge in [-0.1, -0.05) is 25.0 Å². The Balaban J connectivity index is 1.21. The first-order valence-electron chi connectivity index (χ1n) is 13.1. The smallest absolute Gasteiger partial charge is 0.248 e. The molecular weight excluding hydrogens is 472 g/mol. The van der Waals surface area contributed by atoms with E-state index in [1.807, 2.05) is 24.3 Å². The van der Waals surface area contributed by atoms with Crippen molar-refractivity contribution in [1.82, 2.24) is 16.0 Å². The summed E-state index contributed by atoms with van der Waals surface area (Å²) >= 11 is 0. The minimum Gasteiger partial charge on any atom is -0.496 e. The molecule has 9 heteroatoms. The average molecular weight is 503 g/mol. The first-order chi connectivity index (χ1) is 17.8. The largest absolute Gasteiger partial charge is 0.496 e. The molecule has 3 N–H and O–H groups in total. The lowest BCUT2D eigenvalue weighted by Crippen LogP contribution is -2.66.